The van der Waals surface area contributed by atoms with Gasteiger partial charge >= 0.3 is 0 Å². The lowest BCUT2D eigenvalue weighted by atomic mass is 9.80. The van der Waals surface area contributed by atoms with Crippen LogP contribution < -0.4 is 34.9 Å². The molecule has 118 heavy (non-hydrogen) atoms. The first-order chi connectivity index (χ1) is 57.3. The summed E-state index contributed by atoms with van der Waals surface area (Å²) < 4.78 is 52.2. The van der Waals surface area contributed by atoms with Crippen LogP contribution in [0.3, 0.4) is 0 Å². The van der Waals surface area contributed by atoms with Crippen LogP contribution in [0.15, 0.2) is 156 Å². The number of rotatable bonds is 40. The Morgan fingerprint density at radius 3 is 0.941 bits per heavy atom. The highest BCUT2D eigenvalue weighted by Gasteiger charge is 2.48. The van der Waals surface area contributed by atoms with Crippen molar-refractivity contribution in [3.05, 3.63) is 211 Å². The molecule has 0 bridgehead atoms. The molecule has 0 spiro atoms. The van der Waals surface area contributed by atoms with Gasteiger partial charge in [0, 0.05) is 131 Å². The fourth-order valence-corrected chi connectivity index (χ4v) is 17.9. The van der Waals surface area contributed by atoms with E-state index in [0.717, 1.165) is 54.6 Å². The molecule has 4 saturated heterocycles. The molecule has 0 radical (unpaired) electrons. The highest BCUT2D eigenvalue weighted by atomic mass is 32.1. The van der Waals surface area contributed by atoms with Crippen molar-refractivity contribution in [2.45, 2.75) is 148 Å². The molecular weight excluding hydrogens is 1530 g/mol. The molecule has 6 aliphatic heterocycles. The number of imide groups is 2. The minimum Gasteiger partial charge on any atom is -0.457 e. The number of carbonyl (C=O) groups is 6. The molecular formula is C95H101N7O14S2. The highest BCUT2D eigenvalue weighted by Crippen LogP contribution is 2.58. The standard InChI is InChI=1S/C95H101N7O14S2/c1-54(2)58-16-24-62(25-17-58)113-78-43-72-82-73(91(104)101(90(72)103)76(41-70-14-11-39-117-70)94(107)99(35-10-9-13-66-50-109-66)36-32-96-47-67-51-110-67)44-79(114-63-26-18-59(19-27-63)55(3)4)85-87-81(116-65-30-22-61(23-31-65)57(7)8)46-75-83-74(45-80(86(89(83)87)84(78)88(82)85)115-64-28-20-60(21-29-64)56(5)6)92(105)102(93(75)106)77(42-71-15-12-40-118-71)95(108)100(37-33-97-48-68-52-111-68)38-34-98-49-69-53-112-69/h11-12,14-31,39-40,43-46,54-57,66-69,76-77,96-98H,9-10,13,32-38,41-42,47-53H2,1-8H3. The van der Waals surface area contributed by atoms with Crippen LogP contribution >= 0.6 is 22.7 Å². The van der Waals surface area contributed by atoms with E-state index >= 15 is 28.8 Å². The number of amides is 6. The first-order valence-electron chi connectivity index (χ1n) is 41.7. The molecule has 2 aromatic heterocycles. The van der Waals surface area contributed by atoms with Gasteiger partial charge in [0.1, 0.15) is 58.1 Å². The van der Waals surface area contributed by atoms with Gasteiger partial charge in [-0.25, -0.2) is 0 Å². The van der Waals surface area contributed by atoms with Crippen molar-refractivity contribution in [1.82, 2.24) is 35.6 Å². The summed E-state index contributed by atoms with van der Waals surface area (Å²) in [7, 11) is 0. The van der Waals surface area contributed by atoms with E-state index < -0.39 is 41.6 Å². The first-order valence-corrected chi connectivity index (χ1v) is 43.5. The zero-order chi connectivity index (χ0) is 81.6. The van der Waals surface area contributed by atoms with Gasteiger partial charge in [-0.05, 0) is 161 Å². The van der Waals surface area contributed by atoms with E-state index in [1.165, 1.54) is 22.7 Å². The Labute approximate surface area is 695 Å². The molecule has 6 aliphatic rings. The second-order valence-electron chi connectivity index (χ2n) is 33.1. The Balaban J connectivity index is 0.941. The molecule has 23 heteroatoms. The number of benzene rings is 9. The van der Waals surface area contributed by atoms with Gasteiger partial charge in [0.2, 0.25) is 11.8 Å². The van der Waals surface area contributed by atoms with Gasteiger partial charge in [0.05, 0.1) is 73.1 Å². The molecule has 6 amide bonds. The zero-order valence-corrected chi connectivity index (χ0v) is 69.7. The predicted octanol–water partition coefficient (Wildman–Crippen LogP) is 17.1. The summed E-state index contributed by atoms with van der Waals surface area (Å²) >= 11 is 2.87. The molecule has 11 aromatic rings. The van der Waals surface area contributed by atoms with Gasteiger partial charge in [-0.15, -0.1) is 22.7 Å². The Morgan fingerprint density at radius 1 is 0.390 bits per heavy atom. The highest BCUT2D eigenvalue weighted by molar-refractivity contribution is 7.10. The summed E-state index contributed by atoms with van der Waals surface area (Å²) in [6.07, 6.45) is 2.80. The van der Waals surface area contributed by atoms with Crippen LogP contribution in [0, 0.1) is 0 Å². The van der Waals surface area contributed by atoms with E-state index in [1.54, 1.807) is 34.1 Å². The van der Waals surface area contributed by atoms with Gasteiger partial charge in [-0.2, -0.15) is 0 Å². The van der Waals surface area contributed by atoms with Crippen molar-refractivity contribution in [2.75, 3.05) is 91.9 Å². The largest absolute Gasteiger partial charge is 0.457 e. The van der Waals surface area contributed by atoms with Crippen LogP contribution in [-0.4, -0.2) is 183 Å². The van der Waals surface area contributed by atoms with Crippen molar-refractivity contribution in [1.29, 1.82) is 0 Å². The SMILES string of the molecule is CC(C)c1ccc(Oc2cc3c4c(cc(Oc5ccc(C(C)C)cc5)c5c6c(Oc7ccc(C(C)C)cc7)cc7c8c(cc(Oc9ccc(C(C)C)cc9)c(c2c45)c86)C(=O)N(C(Cc2cccs2)C(=O)N(CCNCC2CO2)CCNCC2CO2)C7=O)C(=O)N(C(Cc2cccs2)C(=O)N(CCCCC2CO2)CCNCC2CO2)C3=O)cc1. The summed E-state index contributed by atoms with van der Waals surface area (Å²) in [5.74, 6) is -1.05. The maximum atomic E-state index is 17.0. The number of thiophene rings is 2. The third-order valence-electron chi connectivity index (χ3n) is 23.4. The van der Waals surface area contributed by atoms with Gasteiger partial charge in [-0.1, -0.05) is 116 Å². The summed E-state index contributed by atoms with van der Waals surface area (Å²) in [6.45, 7) is 23.8. The molecule has 0 aliphatic carbocycles. The van der Waals surface area contributed by atoms with E-state index in [2.05, 4.69) is 71.3 Å². The van der Waals surface area contributed by atoms with Crippen molar-refractivity contribution in [3.8, 4) is 46.0 Å². The quantitative estimate of drug-likeness (QED) is 0.0106. The number of unbranched alkanes of at least 4 members (excludes halogenated alkanes) is 1. The Morgan fingerprint density at radius 2 is 0.678 bits per heavy atom. The molecule has 6 unspecified atom stereocenters. The smallest absolute Gasteiger partial charge is 0.262 e. The average Bonchev–Trinajstić information content (AvgIpc) is 1.07. The van der Waals surface area contributed by atoms with Crippen LogP contribution in [0.2, 0.25) is 0 Å². The predicted molar refractivity (Wildman–Crippen MR) is 459 cm³/mol. The lowest BCUT2D eigenvalue weighted by Gasteiger charge is -2.37. The molecule has 9 aromatic carbocycles. The Kier molecular flexibility index (Phi) is 23.6. The summed E-state index contributed by atoms with van der Waals surface area (Å²) in [5, 5.41) is 16.7. The molecule has 4 fully saturated rings. The monoisotopic (exact) mass is 1630 g/mol. The molecule has 0 saturated carbocycles. The van der Waals surface area contributed by atoms with Gasteiger partial charge in [0.25, 0.3) is 23.6 Å². The fraction of sp³-hybridized carbons (Fsp3) is 0.389. The zero-order valence-electron chi connectivity index (χ0n) is 68.0. The van der Waals surface area contributed by atoms with Crippen molar-refractivity contribution in [2.24, 2.45) is 0 Å². The van der Waals surface area contributed by atoms with Crippen LogP contribution in [0.4, 0.5) is 0 Å². The minimum absolute atomic E-state index is 0.00126. The summed E-state index contributed by atoms with van der Waals surface area (Å²) in [4.78, 5) is 108. The average molecular weight is 1630 g/mol. The lowest BCUT2D eigenvalue weighted by Crippen LogP contribution is -2.57. The number of hydrogen-bond acceptors (Lipinski definition) is 19. The lowest BCUT2D eigenvalue weighted by molar-refractivity contribution is -0.136. The first kappa shape index (κ1) is 80.2. The topological polar surface area (TPSA) is 239 Å². The number of carbonyl (C=O) groups excluding carboxylic acids is 6. The molecule has 21 nitrogen and oxygen atoms in total. The maximum Gasteiger partial charge on any atom is 0.262 e. The second kappa shape index (κ2) is 34.6. The maximum absolute atomic E-state index is 17.0. The van der Waals surface area contributed by atoms with Crippen molar-refractivity contribution < 1.29 is 66.7 Å². The Hall–Kier alpha value is -10.2. The molecule has 612 valence electrons. The number of nitrogens with one attached hydrogen (secondary N) is 3. The van der Waals surface area contributed by atoms with Crippen LogP contribution in [0.25, 0.3) is 43.1 Å². The second-order valence-corrected chi connectivity index (χ2v) is 35.2. The van der Waals surface area contributed by atoms with Crippen molar-refractivity contribution in [3.63, 3.8) is 0 Å². The van der Waals surface area contributed by atoms with Crippen molar-refractivity contribution >= 4 is 101 Å². The van der Waals surface area contributed by atoms with Crippen LogP contribution in [0.1, 0.15) is 172 Å². The van der Waals surface area contributed by atoms with Crippen LogP contribution in [0.5, 0.6) is 46.0 Å². The third-order valence-corrected chi connectivity index (χ3v) is 25.2. The summed E-state index contributed by atoms with van der Waals surface area (Å²) in [5.41, 5.74) is 4.41. The van der Waals surface area contributed by atoms with Gasteiger partial charge in [0.15, 0.2) is 0 Å². The number of hydrogen-bond donors (Lipinski definition) is 3. The van der Waals surface area contributed by atoms with E-state index in [-0.39, 0.29) is 136 Å². The number of fused-ring (bicyclic) bond motifs is 2. The number of ether oxygens (including phenoxy) is 8. The van der Waals surface area contributed by atoms with E-state index in [1.807, 2.05) is 132 Å². The van der Waals surface area contributed by atoms with Gasteiger partial charge < -0.3 is 63.6 Å². The number of epoxide rings is 4. The van der Waals surface area contributed by atoms with Crippen LogP contribution in [-0.2, 0) is 41.4 Å². The minimum atomic E-state index is -1.37. The molecule has 3 N–H and O–H groups in total. The summed E-state index contributed by atoms with van der Waals surface area (Å²) in [6, 6.07) is 42.6. The molecule has 6 atom stereocenters. The van der Waals surface area contributed by atoms with E-state index in [9.17, 15) is 0 Å². The van der Waals surface area contributed by atoms with Gasteiger partial charge in [-0.3, -0.25) is 38.6 Å². The number of nitrogens with zero attached hydrogens (tertiary/aromatic N) is 4. The third kappa shape index (κ3) is 17.2. The Bertz CT molecular complexity index is 4910. The fourth-order valence-electron chi connectivity index (χ4n) is 16.4. The molecule has 17 rings (SSSR count). The van der Waals surface area contributed by atoms with E-state index in [4.69, 9.17) is 37.9 Å². The normalized spacial score (nSPS) is 17.8. The van der Waals surface area contributed by atoms with E-state index in [0.29, 0.717) is 141 Å². The molecule has 8 heterocycles.